The molecule has 2 aromatic carbocycles. The highest BCUT2D eigenvalue weighted by atomic mass is 32.2. The van der Waals surface area contributed by atoms with E-state index in [1.54, 1.807) is 24.3 Å². The van der Waals surface area contributed by atoms with Crippen LogP contribution in [0.25, 0.3) is 22.9 Å². The SMILES string of the molecule is CN1C(c2nn[nH]n2)=C(O)c2ccccc2S1(=O)=O.CN1C(c2nn[nH]n2)=C(O)c2ccccc2S1(=O)=O.O. The van der Waals surface area contributed by atoms with Crippen molar-refractivity contribution in [2.75, 3.05) is 14.1 Å². The minimum atomic E-state index is -3.74. The Hall–Kier alpha value is -4.88. The van der Waals surface area contributed by atoms with Crippen molar-refractivity contribution < 1.29 is 32.5 Å². The molecule has 0 spiro atoms. The number of nitrogens with zero attached hydrogens (tertiary/aromatic N) is 8. The summed E-state index contributed by atoms with van der Waals surface area (Å²) in [6.45, 7) is 0. The minimum absolute atomic E-state index is 0. The van der Waals surface area contributed by atoms with E-state index in [0.29, 0.717) is 0 Å². The van der Waals surface area contributed by atoms with E-state index in [-0.39, 0.29) is 61.0 Å². The van der Waals surface area contributed by atoms with Crippen molar-refractivity contribution in [2.24, 2.45) is 0 Å². The summed E-state index contributed by atoms with van der Waals surface area (Å²) in [5.41, 5.74) is 0.431. The summed E-state index contributed by atoms with van der Waals surface area (Å²) >= 11 is 0. The molecule has 0 atom stereocenters. The number of fused-ring (bicyclic) bond motifs is 2. The Morgan fingerprint density at radius 3 is 1.36 bits per heavy atom. The Morgan fingerprint density at radius 1 is 0.667 bits per heavy atom. The summed E-state index contributed by atoms with van der Waals surface area (Å²) in [6, 6.07) is 12.4. The van der Waals surface area contributed by atoms with E-state index in [0.717, 1.165) is 8.61 Å². The summed E-state index contributed by atoms with van der Waals surface area (Å²) in [4.78, 5) is 0.0875. The van der Waals surface area contributed by atoms with Gasteiger partial charge in [-0.2, -0.15) is 10.4 Å². The molecule has 17 nitrogen and oxygen atoms in total. The molecule has 0 unspecified atom stereocenters. The first kappa shape index (κ1) is 27.2. The second-order valence-corrected chi connectivity index (χ2v) is 11.7. The Bertz CT molecular complexity index is 1670. The van der Waals surface area contributed by atoms with Gasteiger partial charge in [0.1, 0.15) is 11.4 Å². The first-order chi connectivity index (χ1) is 18.1. The molecule has 0 bridgehead atoms. The number of H-pyrrole nitrogens is 2. The van der Waals surface area contributed by atoms with Gasteiger partial charge in [-0.3, -0.25) is 8.61 Å². The lowest BCUT2D eigenvalue weighted by Gasteiger charge is -2.27. The van der Waals surface area contributed by atoms with Gasteiger partial charge >= 0.3 is 0 Å². The van der Waals surface area contributed by atoms with Crippen molar-refractivity contribution in [1.29, 1.82) is 0 Å². The van der Waals surface area contributed by atoms with E-state index in [9.17, 15) is 27.0 Å². The van der Waals surface area contributed by atoms with Crippen molar-refractivity contribution in [3.63, 3.8) is 0 Å². The zero-order valence-corrected chi connectivity index (χ0v) is 21.7. The predicted molar refractivity (Wildman–Crippen MR) is 134 cm³/mol. The first-order valence-electron chi connectivity index (χ1n) is 10.6. The van der Waals surface area contributed by atoms with Crippen LogP contribution in [0.3, 0.4) is 0 Å². The zero-order chi connectivity index (χ0) is 27.2. The molecule has 0 fully saturated rings. The highest BCUT2D eigenvalue weighted by Crippen LogP contribution is 2.38. The largest absolute Gasteiger partial charge is 0.505 e. The number of hydrogen-bond acceptors (Lipinski definition) is 12. The summed E-state index contributed by atoms with van der Waals surface area (Å²) < 4.78 is 51.3. The van der Waals surface area contributed by atoms with Crippen molar-refractivity contribution >= 4 is 43.0 Å². The number of aromatic nitrogens is 8. The van der Waals surface area contributed by atoms with Crippen LogP contribution in [0.5, 0.6) is 0 Å². The number of aliphatic hydroxyl groups is 2. The Morgan fingerprint density at radius 2 is 1.03 bits per heavy atom. The van der Waals surface area contributed by atoms with Crippen molar-refractivity contribution in [2.45, 2.75) is 9.79 Å². The molecule has 204 valence electrons. The van der Waals surface area contributed by atoms with Gasteiger partial charge in [0, 0.05) is 25.2 Å². The highest BCUT2D eigenvalue weighted by Gasteiger charge is 2.38. The second kappa shape index (κ2) is 9.78. The lowest BCUT2D eigenvalue weighted by molar-refractivity contribution is 0.486. The topological polar surface area (TPSA) is 256 Å². The number of tetrazole rings is 2. The molecule has 0 aliphatic carbocycles. The number of rotatable bonds is 2. The van der Waals surface area contributed by atoms with Crippen molar-refractivity contribution in [3.05, 3.63) is 71.3 Å². The molecule has 4 aromatic rings. The molecule has 0 radical (unpaired) electrons. The molecule has 19 heteroatoms. The normalized spacial score (nSPS) is 17.0. The number of sulfonamides is 2. The molecule has 2 aliphatic rings. The van der Waals surface area contributed by atoms with Crippen LogP contribution in [0.1, 0.15) is 22.8 Å². The molecule has 0 amide bonds. The smallest absolute Gasteiger partial charge is 0.265 e. The first-order valence-corrected chi connectivity index (χ1v) is 13.5. The second-order valence-electron chi connectivity index (χ2n) is 7.80. The minimum Gasteiger partial charge on any atom is -0.505 e. The molecule has 2 aromatic heterocycles. The maximum Gasteiger partial charge on any atom is 0.265 e. The number of hydrogen-bond donors (Lipinski definition) is 4. The molecule has 6 rings (SSSR count). The Kier molecular flexibility index (Phi) is 6.81. The van der Waals surface area contributed by atoms with Crippen LogP contribution >= 0.6 is 0 Å². The summed E-state index contributed by atoms with van der Waals surface area (Å²) in [5.74, 6) is -0.375. The van der Waals surface area contributed by atoms with Gasteiger partial charge in [-0.05, 0) is 34.7 Å². The molecule has 0 saturated carbocycles. The molecule has 4 heterocycles. The van der Waals surface area contributed by atoms with Gasteiger partial charge in [0.25, 0.3) is 20.0 Å². The van der Waals surface area contributed by atoms with Gasteiger partial charge < -0.3 is 15.7 Å². The van der Waals surface area contributed by atoms with Crippen LogP contribution in [-0.2, 0) is 20.0 Å². The number of aliphatic hydroxyl groups excluding tert-OH is 2. The van der Waals surface area contributed by atoms with Crippen LogP contribution < -0.4 is 0 Å². The summed E-state index contributed by atoms with van der Waals surface area (Å²) in [5, 5.41) is 46.5. The van der Waals surface area contributed by atoms with Crippen LogP contribution in [0.2, 0.25) is 0 Å². The molecular weight excluding hydrogens is 556 g/mol. The van der Waals surface area contributed by atoms with E-state index >= 15 is 0 Å². The third-order valence-electron chi connectivity index (χ3n) is 5.75. The van der Waals surface area contributed by atoms with E-state index in [1.165, 1.54) is 38.4 Å². The zero-order valence-electron chi connectivity index (χ0n) is 20.0. The summed E-state index contributed by atoms with van der Waals surface area (Å²) in [7, 11) is -4.82. The monoisotopic (exact) mass is 576 g/mol. The van der Waals surface area contributed by atoms with E-state index in [1.807, 2.05) is 0 Å². The lowest BCUT2D eigenvalue weighted by atomic mass is 10.1. The number of nitrogens with one attached hydrogen (secondary N) is 2. The van der Waals surface area contributed by atoms with Gasteiger partial charge in [-0.25, -0.2) is 16.8 Å². The summed E-state index contributed by atoms with van der Waals surface area (Å²) in [6.07, 6.45) is 0. The quantitative estimate of drug-likeness (QED) is 0.238. The fraction of sp³-hybridized carbons (Fsp3) is 0.100. The highest BCUT2D eigenvalue weighted by molar-refractivity contribution is 7.90. The molecule has 39 heavy (non-hydrogen) atoms. The van der Waals surface area contributed by atoms with Gasteiger partial charge in [0.05, 0.1) is 9.79 Å². The fourth-order valence-corrected chi connectivity index (χ4v) is 6.67. The van der Waals surface area contributed by atoms with Gasteiger partial charge in [-0.15, -0.1) is 20.4 Å². The Labute approximate surface area is 220 Å². The third-order valence-corrected chi connectivity index (χ3v) is 9.38. The number of benzene rings is 2. The van der Waals surface area contributed by atoms with Crippen LogP contribution in [0.4, 0.5) is 0 Å². The molecule has 0 saturated heterocycles. The third kappa shape index (κ3) is 4.23. The molecule has 6 N–H and O–H groups in total. The van der Waals surface area contributed by atoms with Crippen LogP contribution in [-0.4, -0.2) is 96.5 Å². The van der Waals surface area contributed by atoms with E-state index < -0.39 is 20.0 Å². The maximum absolute atomic E-state index is 12.3. The van der Waals surface area contributed by atoms with E-state index in [4.69, 9.17) is 0 Å². The Balaban J connectivity index is 0.000000176. The number of aromatic amines is 2. The fourth-order valence-electron chi connectivity index (χ4n) is 3.88. The standard InChI is InChI=1S/2C10H9N5O3S.H2O/c2*1-15-8(10-11-13-14-12-10)9(16)6-4-2-3-5-7(6)19(15,17)18;/h2*2-5,16H,1H3,(H,11,12,13,14);1H2. The molecular formula is C20H20N10O7S2. The van der Waals surface area contributed by atoms with Gasteiger partial charge in [0.2, 0.25) is 11.6 Å². The van der Waals surface area contributed by atoms with E-state index in [2.05, 4.69) is 41.2 Å². The average Bonchev–Trinajstić information content (AvgIpc) is 3.63. The van der Waals surface area contributed by atoms with Crippen LogP contribution in [0, 0.1) is 0 Å². The average molecular weight is 577 g/mol. The van der Waals surface area contributed by atoms with Gasteiger partial charge in [-0.1, -0.05) is 24.3 Å². The predicted octanol–water partition coefficient (Wildman–Crippen LogP) is -0.389. The van der Waals surface area contributed by atoms with Crippen molar-refractivity contribution in [1.82, 2.24) is 49.9 Å². The van der Waals surface area contributed by atoms with Crippen molar-refractivity contribution in [3.8, 4) is 0 Å². The maximum atomic E-state index is 12.3. The molecule has 2 aliphatic heterocycles. The lowest BCUT2D eigenvalue weighted by Crippen LogP contribution is -2.31. The van der Waals surface area contributed by atoms with Gasteiger partial charge in [0.15, 0.2) is 11.5 Å². The van der Waals surface area contributed by atoms with Crippen LogP contribution in [0.15, 0.2) is 58.3 Å².